The Morgan fingerprint density at radius 3 is 2.14 bits per heavy atom. The first-order chi connectivity index (χ1) is 17.1. The van der Waals surface area contributed by atoms with Crippen LogP contribution in [0.2, 0.25) is 0 Å². The Hall–Kier alpha value is -3.06. The van der Waals surface area contributed by atoms with Gasteiger partial charge >= 0.3 is 5.97 Å². The number of carbonyl (C=O) groups excluding carboxylic acids is 1. The smallest absolute Gasteiger partial charge is 0.338 e. The van der Waals surface area contributed by atoms with Gasteiger partial charge in [-0.15, -0.1) is 12.4 Å². The zero-order valence-electron chi connectivity index (χ0n) is 22.4. The molecule has 0 aliphatic carbocycles. The molecular formula is C30H38ClNO5. The number of esters is 1. The normalized spacial score (nSPS) is 12.5. The molecule has 0 unspecified atom stereocenters. The molecule has 6 nitrogen and oxygen atoms in total. The van der Waals surface area contributed by atoms with Gasteiger partial charge in [-0.3, -0.25) is 0 Å². The van der Waals surface area contributed by atoms with Crippen molar-refractivity contribution in [2.75, 3.05) is 20.3 Å². The van der Waals surface area contributed by atoms with E-state index in [1.807, 2.05) is 32.9 Å². The molecule has 0 spiro atoms. The first-order valence-corrected chi connectivity index (χ1v) is 12.3. The fourth-order valence-electron chi connectivity index (χ4n) is 4.37. The highest BCUT2D eigenvalue weighted by Gasteiger charge is 2.18. The predicted molar refractivity (Wildman–Crippen MR) is 150 cm³/mol. The van der Waals surface area contributed by atoms with E-state index in [-0.39, 0.29) is 36.1 Å². The maximum absolute atomic E-state index is 12.2. The number of carbonyl (C=O) groups is 1. The molecule has 0 fully saturated rings. The molecule has 0 bridgehead atoms. The lowest BCUT2D eigenvalue weighted by Crippen LogP contribution is -2.35. The van der Waals surface area contributed by atoms with Crippen LogP contribution in [0.3, 0.4) is 0 Å². The van der Waals surface area contributed by atoms with E-state index in [0.717, 1.165) is 39.1 Å². The lowest BCUT2D eigenvalue weighted by atomic mass is 9.91. The number of phenolic OH excluding ortho intramolecular Hbond substituents is 1. The van der Waals surface area contributed by atoms with Crippen molar-refractivity contribution < 1.29 is 24.5 Å². The molecule has 3 N–H and O–H groups in total. The molecule has 0 aliphatic rings. The van der Waals surface area contributed by atoms with Crippen LogP contribution in [0.4, 0.5) is 0 Å². The zero-order chi connectivity index (χ0) is 26.4. The molecule has 0 heterocycles. The first-order valence-electron chi connectivity index (χ1n) is 12.3. The maximum atomic E-state index is 12.2. The van der Waals surface area contributed by atoms with Crippen LogP contribution in [0.15, 0.2) is 54.6 Å². The topological polar surface area (TPSA) is 88.0 Å². The van der Waals surface area contributed by atoms with Crippen molar-refractivity contribution in [3.05, 3.63) is 82.4 Å². The molecule has 7 heteroatoms. The molecule has 0 aromatic heterocycles. The van der Waals surface area contributed by atoms with Gasteiger partial charge in [-0.05, 0) is 90.4 Å². The van der Waals surface area contributed by atoms with E-state index in [4.69, 9.17) is 9.47 Å². The fourth-order valence-corrected chi connectivity index (χ4v) is 4.37. The van der Waals surface area contributed by atoms with Gasteiger partial charge in [0.2, 0.25) is 0 Å². The van der Waals surface area contributed by atoms with Gasteiger partial charge in [0.15, 0.2) is 0 Å². The number of hydrogen-bond donors (Lipinski definition) is 3. The van der Waals surface area contributed by atoms with E-state index >= 15 is 0 Å². The van der Waals surface area contributed by atoms with Crippen LogP contribution in [0.5, 0.6) is 11.5 Å². The Bertz CT molecular complexity index is 1170. The minimum absolute atomic E-state index is 0. The number of methoxy groups -OCH3 is 1. The number of ether oxygens (including phenoxy) is 2. The highest BCUT2D eigenvalue weighted by Crippen LogP contribution is 2.33. The van der Waals surface area contributed by atoms with Gasteiger partial charge in [-0.2, -0.15) is 0 Å². The largest absolute Gasteiger partial charge is 0.508 e. The Morgan fingerprint density at radius 1 is 0.946 bits per heavy atom. The number of hydrogen-bond acceptors (Lipinski definition) is 6. The van der Waals surface area contributed by atoms with E-state index in [2.05, 4.69) is 37.4 Å². The molecule has 3 aromatic carbocycles. The van der Waals surface area contributed by atoms with Crippen molar-refractivity contribution in [3.8, 4) is 22.6 Å². The Labute approximate surface area is 226 Å². The lowest BCUT2D eigenvalue weighted by molar-refractivity contribution is 0.0599. The van der Waals surface area contributed by atoms with E-state index < -0.39 is 6.10 Å². The van der Waals surface area contributed by atoms with Crippen LogP contribution in [0.1, 0.15) is 65.4 Å². The Kier molecular flexibility index (Phi) is 11.0. The van der Waals surface area contributed by atoms with Crippen molar-refractivity contribution >= 4 is 18.4 Å². The van der Waals surface area contributed by atoms with Gasteiger partial charge < -0.3 is 25.0 Å². The van der Waals surface area contributed by atoms with Gasteiger partial charge in [0.25, 0.3) is 0 Å². The summed E-state index contributed by atoms with van der Waals surface area (Å²) in [5, 5.41) is 23.3. The van der Waals surface area contributed by atoms with Gasteiger partial charge in [0.05, 0.1) is 18.8 Å². The summed E-state index contributed by atoms with van der Waals surface area (Å²) in [7, 11) is 1.40. The van der Waals surface area contributed by atoms with Crippen LogP contribution >= 0.6 is 12.4 Å². The average molecular weight is 528 g/mol. The van der Waals surface area contributed by atoms with Crippen molar-refractivity contribution in [2.24, 2.45) is 0 Å². The maximum Gasteiger partial charge on any atom is 0.338 e. The quantitative estimate of drug-likeness (QED) is 0.218. The number of rotatable bonds is 10. The molecule has 3 rings (SSSR count). The van der Waals surface area contributed by atoms with Gasteiger partial charge in [-0.25, -0.2) is 4.79 Å². The lowest BCUT2D eigenvalue weighted by Gasteiger charge is -2.21. The number of benzene rings is 3. The second kappa shape index (κ2) is 13.5. The molecule has 0 saturated heterocycles. The summed E-state index contributed by atoms with van der Waals surface area (Å²) in [6.07, 6.45) is -0.686. The molecular weight excluding hydrogens is 490 g/mol. The molecule has 0 amide bonds. The SMILES string of the molecule is COC(=O)c1ccc(-c2cc(C)c(OCCN[C@@H](C)[C@H](O)c3ccc(O)cc3)c(C)c2)cc1C(C)C.Cl. The Balaban J connectivity index is 0.00000481. The number of aromatic hydroxyl groups is 1. The minimum Gasteiger partial charge on any atom is -0.508 e. The third kappa shape index (κ3) is 7.48. The highest BCUT2D eigenvalue weighted by molar-refractivity contribution is 5.92. The van der Waals surface area contributed by atoms with Crippen molar-refractivity contribution in [1.82, 2.24) is 5.32 Å². The molecule has 0 saturated carbocycles. The number of aliphatic hydroxyl groups is 1. The molecule has 200 valence electrons. The fraction of sp³-hybridized carbons (Fsp3) is 0.367. The standard InChI is InChI=1S/C30H37NO5.ClH/c1-18(2)27-17-23(9-12-26(27)30(34)35-6)24-15-19(3)29(20(4)16-24)36-14-13-31-21(5)28(33)22-7-10-25(32)11-8-22;/h7-12,15-18,21,28,31-33H,13-14H2,1-6H3;1H/t21-,28-;/m0./s1. The highest BCUT2D eigenvalue weighted by atomic mass is 35.5. The number of halogens is 1. The zero-order valence-corrected chi connectivity index (χ0v) is 23.2. The van der Waals surface area contributed by atoms with Crippen LogP contribution in [-0.4, -0.2) is 42.5 Å². The van der Waals surface area contributed by atoms with Gasteiger partial charge in [-0.1, -0.05) is 38.1 Å². The van der Waals surface area contributed by atoms with Gasteiger partial charge in [0, 0.05) is 12.6 Å². The molecule has 0 radical (unpaired) electrons. The van der Waals surface area contributed by atoms with Crippen LogP contribution in [-0.2, 0) is 4.74 Å². The summed E-state index contributed by atoms with van der Waals surface area (Å²) < 4.78 is 11.0. The summed E-state index contributed by atoms with van der Waals surface area (Å²) in [5.41, 5.74) is 6.49. The van der Waals surface area contributed by atoms with Crippen LogP contribution in [0.25, 0.3) is 11.1 Å². The second-order valence-corrected chi connectivity index (χ2v) is 9.52. The number of phenols is 1. The molecule has 2 atom stereocenters. The van der Waals surface area contributed by atoms with Crippen LogP contribution < -0.4 is 10.1 Å². The monoisotopic (exact) mass is 527 g/mol. The predicted octanol–water partition coefficient (Wildman–Crippen LogP) is 6.10. The van der Waals surface area contributed by atoms with Crippen molar-refractivity contribution in [1.29, 1.82) is 0 Å². The number of aliphatic hydroxyl groups excluding tert-OH is 1. The minimum atomic E-state index is -0.686. The number of nitrogens with one attached hydrogen (secondary N) is 1. The van der Waals surface area contributed by atoms with E-state index in [1.165, 1.54) is 7.11 Å². The molecule has 37 heavy (non-hydrogen) atoms. The summed E-state index contributed by atoms with van der Waals surface area (Å²) in [6.45, 7) is 11.1. The molecule has 3 aromatic rings. The summed E-state index contributed by atoms with van der Waals surface area (Å²) >= 11 is 0. The van der Waals surface area contributed by atoms with Crippen molar-refractivity contribution in [2.45, 2.75) is 52.7 Å². The van der Waals surface area contributed by atoms with Crippen LogP contribution in [0, 0.1) is 13.8 Å². The third-order valence-corrected chi connectivity index (χ3v) is 6.40. The molecule has 0 aliphatic heterocycles. The summed E-state index contributed by atoms with van der Waals surface area (Å²) in [5.74, 6) is 0.893. The average Bonchev–Trinajstić information content (AvgIpc) is 2.86. The summed E-state index contributed by atoms with van der Waals surface area (Å²) in [4.78, 5) is 12.2. The first kappa shape index (κ1) is 30.2. The number of aryl methyl sites for hydroxylation is 2. The van der Waals surface area contributed by atoms with Crippen molar-refractivity contribution in [3.63, 3.8) is 0 Å². The third-order valence-electron chi connectivity index (χ3n) is 6.40. The van der Waals surface area contributed by atoms with Gasteiger partial charge in [0.1, 0.15) is 18.1 Å². The summed E-state index contributed by atoms with van der Waals surface area (Å²) in [6, 6.07) is 16.5. The second-order valence-electron chi connectivity index (χ2n) is 9.52. The van der Waals surface area contributed by atoms with E-state index in [1.54, 1.807) is 24.3 Å². The van der Waals surface area contributed by atoms with E-state index in [9.17, 15) is 15.0 Å². The van der Waals surface area contributed by atoms with E-state index in [0.29, 0.717) is 18.7 Å². The Morgan fingerprint density at radius 2 is 1.57 bits per heavy atom.